The van der Waals surface area contributed by atoms with Crippen molar-refractivity contribution in [2.75, 3.05) is 13.2 Å². The standard InChI is InChI=1S/C19H26NO6PS/c1-4-25-27(22,26-5-2)19(21)18(16-9-7-6-8-10-16)20-28(23,24)17-13-11-15(3)12-14-17/h6-14,18-21H,4-5H2,1-3H3/t18-,19-/m0/s1. The zero-order valence-corrected chi connectivity index (χ0v) is 17.8. The molecule has 0 amide bonds. The number of hydrogen-bond acceptors (Lipinski definition) is 6. The fraction of sp³-hybridized carbons (Fsp3) is 0.368. The molecule has 0 bridgehead atoms. The molecule has 0 heterocycles. The minimum Gasteiger partial charge on any atom is -0.379 e. The first-order valence-corrected chi connectivity index (χ1v) is 12.0. The van der Waals surface area contributed by atoms with E-state index in [-0.39, 0.29) is 18.1 Å². The summed E-state index contributed by atoms with van der Waals surface area (Å²) >= 11 is 0. The van der Waals surface area contributed by atoms with Gasteiger partial charge in [-0.2, -0.15) is 0 Å². The van der Waals surface area contributed by atoms with Crippen molar-refractivity contribution in [2.45, 2.75) is 37.6 Å². The van der Waals surface area contributed by atoms with Crippen LogP contribution in [0.25, 0.3) is 0 Å². The number of aryl methyl sites for hydroxylation is 1. The highest BCUT2D eigenvalue weighted by Gasteiger charge is 2.42. The van der Waals surface area contributed by atoms with Crippen LogP contribution in [0.5, 0.6) is 0 Å². The Morgan fingerprint density at radius 3 is 2.04 bits per heavy atom. The molecule has 7 nitrogen and oxygen atoms in total. The Balaban J connectivity index is 2.45. The normalized spacial score (nSPS) is 14.6. The van der Waals surface area contributed by atoms with Gasteiger partial charge < -0.3 is 14.2 Å². The Labute approximate surface area is 166 Å². The van der Waals surface area contributed by atoms with E-state index in [1.165, 1.54) is 12.1 Å². The fourth-order valence-electron chi connectivity index (χ4n) is 2.65. The summed E-state index contributed by atoms with van der Waals surface area (Å²) in [6.07, 6.45) is 0. The second-order valence-electron chi connectivity index (χ2n) is 6.11. The maximum atomic E-state index is 13.1. The molecule has 0 spiro atoms. The topological polar surface area (TPSA) is 102 Å². The molecule has 2 rings (SSSR count). The molecule has 0 aliphatic heterocycles. The second-order valence-corrected chi connectivity index (χ2v) is 9.95. The van der Waals surface area contributed by atoms with Gasteiger partial charge in [0, 0.05) is 0 Å². The van der Waals surface area contributed by atoms with Crippen LogP contribution >= 0.6 is 7.60 Å². The molecule has 0 saturated carbocycles. The first-order chi connectivity index (χ1) is 13.2. The third kappa shape index (κ3) is 5.50. The molecule has 2 aromatic carbocycles. The molecule has 0 aliphatic rings. The zero-order chi connectivity index (χ0) is 20.8. The lowest BCUT2D eigenvalue weighted by molar-refractivity contribution is 0.130. The summed E-state index contributed by atoms with van der Waals surface area (Å²) < 4.78 is 51.7. The predicted octanol–water partition coefficient (Wildman–Crippen LogP) is 3.60. The van der Waals surface area contributed by atoms with Crippen molar-refractivity contribution < 1.29 is 27.1 Å². The largest absolute Gasteiger partial charge is 0.379 e. The molecule has 28 heavy (non-hydrogen) atoms. The Hall–Kier alpha value is -1.54. The van der Waals surface area contributed by atoms with Crippen LogP contribution in [0.3, 0.4) is 0 Å². The van der Waals surface area contributed by atoms with Gasteiger partial charge in [0.05, 0.1) is 24.2 Å². The van der Waals surface area contributed by atoms with E-state index >= 15 is 0 Å². The van der Waals surface area contributed by atoms with Crippen molar-refractivity contribution in [2.24, 2.45) is 0 Å². The molecule has 0 unspecified atom stereocenters. The molecule has 0 saturated heterocycles. The summed E-state index contributed by atoms with van der Waals surface area (Å²) in [7, 11) is -7.99. The molecule has 2 atom stereocenters. The summed E-state index contributed by atoms with van der Waals surface area (Å²) in [5.41, 5.74) is 1.35. The van der Waals surface area contributed by atoms with Crippen LogP contribution in [-0.2, 0) is 23.6 Å². The molecular formula is C19H26NO6PS. The lowest BCUT2D eigenvalue weighted by atomic mass is 10.1. The van der Waals surface area contributed by atoms with E-state index in [9.17, 15) is 18.1 Å². The van der Waals surface area contributed by atoms with Gasteiger partial charge in [0.2, 0.25) is 10.0 Å². The summed E-state index contributed by atoms with van der Waals surface area (Å²) in [5.74, 6) is -1.73. The molecule has 0 aromatic heterocycles. The van der Waals surface area contributed by atoms with Crippen molar-refractivity contribution in [1.82, 2.24) is 4.72 Å². The zero-order valence-electron chi connectivity index (χ0n) is 16.1. The monoisotopic (exact) mass is 427 g/mol. The molecule has 2 N–H and O–H groups in total. The number of benzene rings is 2. The Morgan fingerprint density at radius 1 is 1.00 bits per heavy atom. The van der Waals surface area contributed by atoms with Gasteiger partial charge in [0.1, 0.15) is 0 Å². The van der Waals surface area contributed by atoms with Gasteiger partial charge in [-0.1, -0.05) is 48.0 Å². The molecule has 0 aliphatic carbocycles. The van der Waals surface area contributed by atoms with Crippen LogP contribution in [0.2, 0.25) is 0 Å². The number of sulfonamides is 1. The predicted molar refractivity (Wildman–Crippen MR) is 108 cm³/mol. The highest BCUT2D eigenvalue weighted by Crippen LogP contribution is 2.55. The van der Waals surface area contributed by atoms with Gasteiger partial charge in [0.25, 0.3) is 0 Å². The average molecular weight is 427 g/mol. The number of aliphatic hydroxyl groups is 1. The van der Waals surface area contributed by atoms with Gasteiger partial charge in [-0.05, 0) is 38.5 Å². The van der Waals surface area contributed by atoms with Crippen LogP contribution < -0.4 is 4.72 Å². The smallest absolute Gasteiger partial charge is 0.360 e. The van der Waals surface area contributed by atoms with E-state index in [1.54, 1.807) is 56.3 Å². The molecule has 0 fully saturated rings. The quantitative estimate of drug-likeness (QED) is 0.562. The number of aliphatic hydroxyl groups excluding tert-OH is 1. The first kappa shape index (κ1) is 22.7. The third-order valence-electron chi connectivity index (χ3n) is 4.01. The van der Waals surface area contributed by atoms with Crippen LogP contribution in [-0.4, -0.2) is 32.6 Å². The third-order valence-corrected chi connectivity index (χ3v) is 7.65. The Morgan fingerprint density at radius 2 is 1.54 bits per heavy atom. The Bertz CT molecular complexity index is 892. The van der Waals surface area contributed by atoms with Gasteiger partial charge in [-0.25, -0.2) is 13.1 Å². The van der Waals surface area contributed by atoms with Gasteiger partial charge in [-0.3, -0.25) is 4.57 Å². The molecule has 0 radical (unpaired) electrons. The summed E-state index contributed by atoms with van der Waals surface area (Å²) in [4.78, 5) is 0.0360. The van der Waals surface area contributed by atoms with E-state index in [0.29, 0.717) is 5.56 Å². The van der Waals surface area contributed by atoms with E-state index in [0.717, 1.165) is 5.56 Å². The summed E-state index contributed by atoms with van der Waals surface area (Å²) in [6, 6.07) is 13.5. The van der Waals surface area contributed by atoms with Crippen LogP contribution in [0, 0.1) is 6.92 Å². The lowest BCUT2D eigenvalue weighted by Gasteiger charge is -2.29. The molecule has 9 heteroatoms. The van der Waals surface area contributed by atoms with Crippen molar-refractivity contribution in [3.8, 4) is 0 Å². The van der Waals surface area contributed by atoms with Crippen LogP contribution in [0.15, 0.2) is 59.5 Å². The SMILES string of the molecule is CCOP(=O)(OCC)[C@H](O)[C@@H](NS(=O)(=O)c1ccc(C)cc1)c1ccccc1. The van der Waals surface area contributed by atoms with Crippen molar-refractivity contribution in [3.63, 3.8) is 0 Å². The van der Waals surface area contributed by atoms with Crippen LogP contribution in [0.1, 0.15) is 31.0 Å². The van der Waals surface area contributed by atoms with E-state index in [1.807, 2.05) is 6.92 Å². The number of nitrogens with one attached hydrogen (secondary N) is 1. The van der Waals surface area contributed by atoms with Crippen LogP contribution in [0.4, 0.5) is 0 Å². The highest BCUT2D eigenvalue weighted by atomic mass is 32.2. The van der Waals surface area contributed by atoms with E-state index in [2.05, 4.69) is 4.72 Å². The van der Waals surface area contributed by atoms with Crippen molar-refractivity contribution in [3.05, 3.63) is 65.7 Å². The molecular weight excluding hydrogens is 401 g/mol. The Kier molecular flexibility index (Phi) is 7.95. The lowest BCUT2D eigenvalue weighted by Crippen LogP contribution is -2.37. The maximum Gasteiger partial charge on any atom is 0.360 e. The first-order valence-electron chi connectivity index (χ1n) is 8.94. The number of rotatable bonds is 10. The maximum absolute atomic E-state index is 13.1. The highest BCUT2D eigenvalue weighted by molar-refractivity contribution is 7.89. The van der Waals surface area contributed by atoms with Gasteiger partial charge >= 0.3 is 7.60 Å². The molecule has 154 valence electrons. The minimum atomic E-state index is -4.00. The fourth-order valence-corrected chi connectivity index (χ4v) is 5.69. The van der Waals surface area contributed by atoms with E-state index in [4.69, 9.17) is 9.05 Å². The molecule has 2 aromatic rings. The van der Waals surface area contributed by atoms with Crippen molar-refractivity contribution >= 4 is 17.6 Å². The van der Waals surface area contributed by atoms with Crippen molar-refractivity contribution in [1.29, 1.82) is 0 Å². The number of hydrogen-bond donors (Lipinski definition) is 2. The van der Waals surface area contributed by atoms with Gasteiger partial charge in [-0.15, -0.1) is 0 Å². The van der Waals surface area contributed by atoms with E-state index < -0.39 is 29.5 Å². The average Bonchev–Trinajstić information content (AvgIpc) is 2.67. The summed E-state index contributed by atoms with van der Waals surface area (Å²) in [6.45, 7) is 5.17. The minimum absolute atomic E-state index is 0.0360. The summed E-state index contributed by atoms with van der Waals surface area (Å²) in [5, 5.41) is 10.9. The second kappa shape index (κ2) is 9.78. The van der Waals surface area contributed by atoms with Gasteiger partial charge in [0.15, 0.2) is 5.85 Å².